The average molecular weight is 546 g/mol. The molecule has 0 amide bonds. The number of hydrogen-bond acceptors (Lipinski definition) is 7. The van der Waals surface area contributed by atoms with Gasteiger partial charge in [-0.25, -0.2) is 0 Å². The Hall–Kier alpha value is -2.84. The zero-order chi connectivity index (χ0) is 28.3. The summed E-state index contributed by atoms with van der Waals surface area (Å²) in [6.45, 7) is 13.3. The maximum atomic E-state index is 12.4. The van der Waals surface area contributed by atoms with Crippen molar-refractivity contribution in [1.29, 1.82) is 0 Å². The van der Waals surface area contributed by atoms with Crippen LogP contribution in [0.5, 0.6) is 11.5 Å². The number of esters is 1. The smallest absolute Gasteiger partial charge is 0.311 e. The Balaban J connectivity index is 1.98. The van der Waals surface area contributed by atoms with Gasteiger partial charge >= 0.3 is 5.97 Å². The molecule has 2 aromatic carbocycles. The van der Waals surface area contributed by atoms with Crippen LogP contribution >= 0.6 is 12.2 Å². The Kier molecular flexibility index (Phi) is 11.9. The molecule has 210 valence electrons. The highest BCUT2D eigenvalue weighted by Gasteiger charge is 2.24. The summed E-state index contributed by atoms with van der Waals surface area (Å²) >= 11 is 5.42. The molecule has 1 N–H and O–H groups in total. The Bertz CT molecular complexity index is 1040. The standard InChI is InChI=1S/C30H43NO6S/c1-29(2,3)24-12-9-21(10-13-24)15-23(19-35-27(32)30(4,5)6)17-31-28(38)36-18-22-11-14-25(37-20-33-7)26(16-22)34-8/h9-14,16,23H,15,17-20H2,1-8H3,(H,31,38). The molecular formula is C30H43NO6S. The normalized spacial score (nSPS) is 12.4. The minimum absolute atomic E-state index is 0.0145. The van der Waals surface area contributed by atoms with Gasteiger partial charge in [0.25, 0.3) is 5.17 Å². The van der Waals surface area contributed by atoms with Gasteiger partial charge in [0.05, 0.1) is 19.1 Å². The molecule has 0 radical (unpaired) electrons. The number of hydrogen-bond donors (Lipinski definition) is 1. The van der Waals surface area contributed by atoms with Crippen LogP contribution in [0.4, 0.5) is 0 Å². The predicted octanol–water partition coefficient (Wildman–Crippen LogP) is 5.81. The second-order valence-corrected chi connectivity index (χ2v) is 11.7. The fourth-order valence-corrected chi connectivity index (χ4v) is 3.69. The highest BCUT2D eigenvalue weighted by atomic mass is 32.1. The first-order valence-corrected chi connectivity index (χ1v) is 13.2. The quantitative estimate of drug-likeness (QED) is 0.203. The SMILES string of the molecule is COCOc1ccc(COC(=S)NCC(COC(=O)C(C)(C)C)Cc2ccc(C(C)(C)C)cc2)cc1OC. The molecule has 0 saturated carbocycles. The number of thiocarbonyl (C=S) groups is 1. The first-order chi connectivity index (χ1) is 17.8. The molecule has 0 aliphatic heterocycles. The summed E-state index contributed by atoms with van der Waals surface area (Å²) in [6, 6.07) is 14.1. The number of rotatable bonds is 12. The first kappa shape index (κ1) is 31.4. The van der Waals surface area contributed by atoms with E-state index < -0.39 is 5.41 Å². The fraction of sp³-hybridized carbons (Fsp3) is 0.533. The highest BCUT2D eigenvalue weighted by molar-refractivity contribution is 7.80. The number of ether oxygens (including phenoxy) is 5. The van der Waals surface area contributed by atoms with E-state index >= 15 is 0 Å². The third-order valence-electron chi connectivity index (χ3n) is 5.87. The number of carbonyl (C=O) groups excluding carboxylic acids is 1. The van der Waals surface area contributed by atoms with Gasteiger partial charge in [-0.2, -0.15) is 0 Å². The zero-order valence-corrected chi connectivity index (χ0v) is 24.8. The van der Waals surface area contributed by atoms with Crippen LogP contribution in [0, 0.1) is 11.3 Å². The lowest BCUT2D eigenvalue weighted by Gasteiger charge is -2.23. The van der Waals surface area contributed by atoms with Crippen LogP contribution < -0.4 is 14.8 Å². The molecule has 1 atom stereocenters. The van der Waals surface area contributed by atoms with Gasteiger partial charge in [-0.15, -0.1) is 0 Å². The van der Waals surface area contributed by atoms with Gasteiger partial charge in [0.2, 0.25) is 0 Å². The molecule has 7 nitrogen and oxygen atoms in total. The maximum Gasteiger partial charge on any atom is 0.311 e. The number of carbonyl (C=O) groups is 1. The van der Waals surface area contributed by atoms with E-state index in [9.17, 15) is 4.79 Å². The minimum Gasteiger partial charge on any atom is -0.493 e. The summed E-state index contributed by atoms with van der Waals surface area (Å²) < 4.78 is 27.3. The van der Waals surface area contributed by atoms with Gasteiger partial charge in [-0.05, 0) is 73.6 Å². The Labute approximate surface area is 233 Å². The zero-order valence-electron chi connectivity index (χ0n) is 24.0. The van der Waals surface area contributed by atoms with Crippen molar-refractivity contribution in [3.8, 4) is 11.5 Å². The largest absolute Gasteiger partial charge is 0.493 e. The molecule has 0 heterocycles. The molecular weight excluding hydrogens is 502 g/mol. The number of nitrogens with one attached hydrogen (secondary N) is 1. The molecule has 0 saturated heterocycles. The van der Waals surface area contributed by atoms with E-state index in [1.54, 1.807) is 20.3 Å². The van der Waals surface area contributed by atoms with E-state index in [2.05, 4.69) is 50.4 Å². The molecule has 0 spiro atoms. The van der Waals surface area contributed by atoms with Crippen LogP contribution in [0.3, 0.4) is 0 Å². The van der Waals surface area contributed by atoms with Crippen molar-refractivity contribution < 1.29 is 28.5 Å². The molecule has 0 fully saturated rings. The van der Waals surface area contributed by atoms with Gasteiger partial charge in [0, 0.05) is 19.6 Å². The molecule has 2 rings (SSSR count). The van der Waals surface area contributed by atoms with Crippen LogP contribution in [0.15, 0.2) is 42.5 Å². The Morgan fingerprint density at radius 1 is 0.921 bits per heavy atom. The lowest BCUT2D eigenvalue weighted by atomic mass is 9.86. The van der Waals surface area contributed by atoms with E-state index in [0.29, 0.717) is 18.0 Å². The van der Waals surface area contributed by atoms with Crippen LogP contribution in [-0.4, -0.2) is 45.3 Å². The van der Waals surface area contributed by atoms with E-state index in [1.807, 2.05) is 32.9 Å². The van der Waals surface area contributed by atoms with Crippen molar-refractivity contribution in [1.82, 2.24) is 5.32 Å². The molecule has 0 bridgehead atoms. The topological polar surface area (TPSA) is 75.3 Å². The van der Waals surface area contributed by atoms with Gasteiger partial charge in [0.15, 0.2) is 18.3 Å². The second-order valence-electron chi connectivity index (χ2n) is 11.4. The van der Waals surface area contributed by atoms with Gasteiger partial charge in [-0.3, -0.25) is 4.79 Å². The molecule has 0 aliphatic carbocycles. The third kappa shape index (κ3) is 10.5. The van der Waals surface area contributed by atoms with E-state index in [0.717, 1.165) is 12.0 Å². The van der Waals surface area contributed by atoms with Crippen LogP contribution in [0.2, 0.25) is 0 Å². The molecule has 2 aromatic rings. The van der Waals surface area contributed by atoms with E-state index in [4.69, 9.17) is 35.9 Å². The molecule has 8 heteroatoms. The number of methoxy groups -OCH3 is 2. The Morgan fingerprint density at radius 3 is 2.16 bits per heavy atom. The van der Waals surface area contributed by atoms with Crippen molar-refractivity contribution in [3.05, 3.63) is 59.2 Å². The van der Waals surface area contributed by atoms with E-state index in [1.165, 1.54) is 11.1 Å². The third-order valence-corrected chi connectivity index (χ3v) is 6.13. The highest BCUT2D eigenvalue weighted by Crippen LogP contribution is 2.28. The summed E-state index contributed by atoms with van der Waals surface area (Å²) in [6.07, 6.45) is 0.734. The van der Waals surface area contributed by atoms with Crippen LogP contribution in [0.25, 0.3) is 0 Å². The minimum atomic E-state index is -0.560. The summed E-state index contributed by atoms with van der Waals surface area (Å²) in [7, 11) is 3.14. The monoisotopic (exact) mass is 545 g/mol. The lowest BCUT2D eigenvalue weighted by molar-refractivity contribution is -0.154. The van der Waals surface area contributed by atoms with Crippen molar-refractivity contribution >= 4 is 23.4 Å². The van der Waals surface area contributed by atoms with Crippen LogP contribution in [-0.2, 0) is 37.4 Å². The van der Waals surface area contributed by atoms with Gasteiger partial charge in [0.1, 0.15) is 6.61 Å². The fourth-order valence-electron chi connectivity index (χ4n) is 3.55. The molecule has 38 heavy (non-hydrogen) atoms. The summed E-state index contributed by atoms with van der Waals surface area (Å²) in [5.74, 6) is 0.958. The average Bonchev–Trinajstić information content (AvgIpc) is 2.86. The second kappa shape index (κ2) is 14.4. The van der Waals surface area contributed by atoms with Crippen molar-refractivity contribution in [2.75, 3.05) is 34.2 Å². The van der Waals surface area contributed by atoms with Crippen molar-refractivity contribution in [2.45, 2.75) is 60.0 Å². The van der Waals surface area contributed by atoms with Gasteiger partial charge in [-0.1, -0.05) is 51.1 Å². The van der Waals surface area contributed by atoms with Crippen molar-refractivity contribution in [2.24, 2.45) is 11.3 Å². The molecule has 0 aromatic heterocycles. The van der Waals surface area contributed by atoms with Crippen LogP contribution in [0.1, 0.15) is 58.2 Å². The lowest BCUT2D eigenvalue weighted by Crippen LogP contribution is -2.34. The maximum absolute atomic E-state index is 12.4. The first-order valence-electron chi connectivity index (χ1n) is 12.8. The van der Waals surface area contributed by atoms with Gasteiger partial charge < -0.3 is 29.0 Å². The summed E-state index contributed by atoms with van der Waals surface area (Å²) in [5, 5.41) is 3.46. The van der Waals surface area contributed by atoms with E-state index in [-0.39, 0.29) is 42.5 Å². The number of benzene rings is 2. The van der Waals surface area contributed by atoms with Crippen molar-refractivity contribution in [3.63, 3.8) is 0 Å². The summed E-state index contributed by atoms with van der Waals surface area (Å²) in [5.41, 5.74) is 2.86. The summed E-state index contributed by atoms with van der Waals surface area (Å²) in [4.78, 5) is 12.4. The Morgan fingerprint density at radius 2 is 1.58 bits per heavy atom. The molecule has 0 aliphatic rings. The predicted molar refractivity (Wildman–Crippen MR) is 154 cm³/mol. The molecule has 1 unspecified atom stereocenters.